The van der Waals surface area contributed by atoms with Gasteiger partial charge in [-0.3, -0.25) is 4.79 Å². The van der Waals surface area contributed by atoms with Gasteiger partial charge in [-0.15, -0.1) is 0 Å². The summed E-state index contributed by atoms with van der Waals surface area (Å²) in [5.74, 6) is 0.993. The number of methoxy groups -OCH3 is 1. The Balaban J connectivity index is 1.95. The third-order valence-electron chi connectivity index (χ3n) is 3.97. The Morgan fingerprint density at radius 2 is 2.00 bits per heavy atom. The normalized spacial score (nSPS) is 15.1. The third-order valence-corrected chi connectivity index (χ3v) is 4.56. The van der Waals surface area contributed by atoms with Crippen LogP contribution in [0.5, 0.6) is 11.5 Å². The minimum absolute atomic E-state index is 0.166. The van der Waals surface area contributed by atoms with Crippen molar-refractivity contribution >= 4 is 39.3 Å². The molecule has 0 radical (unpaired) electrons. The van der Waals surface area contributed by atoms with Crippen molar-refractivity contribution in [3.05, 3.63) is 70.7 Å². The standard InChI is InChI=1S/C21H19BrN2O3/c1-4-10-27-20-18(22)12-15(13-19(20)26-3)11-17-14(2)23-24(21(17)25)16-8-6-5-7-9-16/h4-9,11-13H,1,10H2,2-3H3/b17-11-. The highest BCUT2D eigenvalue weighted by Gasteiger charge is 2.28. The van der Waals surface area contributed by atoms with Crippen LogP contribution < -0.4 is 14.5 Å². The first kappa shape index (κ1) is 18.9. The summed E-state index contributed by atoms with van der Waals surface area (Å²) in [6, 6.07) is 13.0. The summed E-state index contributed by atoms with van der Waals surface area (Å²) in [7, 11) is 1.57. The van der Waals surface area contributed by atoms with Crippen molar-refractivity contribution in [3.63, 3.8) is 0 Å². The Morgan fingerprint density at radius 1 is 1.26 bits per heavy atom. The van der Waals surface area contributed by atoms with E-state index in [-0.39, 0.29) is 5.91 Å². The molecule has 2 aromatic carbocycles. The molecule has 1 heterocycles. The fourth-order valence-corrected chi connectivity index (χ4v) is 3.27. The SMILES string of the molecule is C=CCOc1c(Br)cc(/C=C2\C(=O)N(c3ccccc3)N=C2C)cc1OC. The van der Waals surface area contributed by atoms with Gasteiger partial charge >= 0.3 is 0 Å². The van der Waals surface area contributed by atoms with Crippen LogP contribution in [0.25, 0.3) is 6.08 Å². The molecular formula is C21H19BrN2O3. The highest BCUT2D eigenvalue weighted by molar-refractivity contribution is 9.10. The molecule has 2 aromatic rings. The van der Waals surface area contributed by atoms with Gasteiger partial charge in [-0.05, 0) is 58.8 Å². The number of nitrogens with zero attached hydrogens (tertiary/aromatic N) is 2. The van der Waals surface area contributed by atoms with Crippen molar-refractivity contribution in [2.75, 3.05) is 18.7 Å². The number of ether oxygens (including phenoxy) is 2. The van der Waals surface area contributed by atoms with Gasteiger partial charge in [-0.1, -0.05) is 30.9 Å². The van der Waals surface area contributed by atoms with Crippen molar-refractivity contribution in [1.29, 1.82) is 0 Å². The first-order chi connectivity index (χ1) is 13.0. The Hall–Kier alpha value is -2.86. The molecule has 0 aliphatic carbocycles. The number of para-hydroxylation sites is 1. The molecule has 0 aromatic heterocycles. The molecule has 27 heavy (non-hydrogen) atoms. The van der Waals surface area contributed by atoms with Gasteiger partial charge in [0, 0.05) is 0 Å². The van der Waals surface area contributed by atoms with Crippen LogP contribution in [0.2, 0.25) is 0 Å². The zero-order valence-electron chi connectivity index (χ0n) is 15.1. The van der Waals surface area contributed by atoms with Crippen LogP contribution in [-0.2, 0) is 4.79 Å². The van der Waals surface area contributed by atoms with E-state index < -0.39 is 0 Å². The van der Waals surface area contributed by atoms with Crippen LogP contribution in [0, 0.1) is 0 Å². The molecule has 0 N–H and O–H groups in total. The molecule has 0 fully saturated rings. The largest absolute Gasteiger partial charge is 0.493 e. The summed E-state index contributed by atoms with van der Waals surface area (Å²) in [4.78, 5) is 12.8. The van der Waals surface area contributed by atoms with Crippen molar-refractivity contribution in [3.8, 4) is 11.5 Å². The number of hydrazone groups is 1. The van der Waals surface area contributed by atoms with Crippen molar-refractivity contribution in [2.24, 2.45) is 5.10 Å². The van der Waals surface area contributed by atoms with Gasteiger partial charge in [-0.25, -0.2) is 0 Å². The predicted octanol–water partition coefficient (Wildman–Crippen LogP) is 4.83. The summed E-state index contributed by atoms with van der Waals surface area (Å²) in [5, 5.41) is 5.81. The van der Waals surface area contributed by atoms with E-state index >= 15 is 0 Å². The Labute approximate surface area is 166 Å². The number of benzene rings is 2. The van der Waals surface area contributed by atoms with Crippen LogP contribution in [0.15, 0.2) is 70.3 Å². The summed E-state index contributed by atoms with van der Waals surface area (Å²) in [6.45, 7) is 5.84. The number of halogens is 1. The van der Waals surface area contributed by atoms with E-state index in [0.29, 0.717) is 29.4 Å². The summed E-state index contributed by atoms with van der Waals surface area (Å²) in [5.41, 5.74) is 2.73. The number of hydrogen-bond donors (Lipinski definition) is 0. The molecule has 1 aliphatic heterocycles. The number of hydrogen-bond acceptors (Lipinski definition) is 4. The molecule has 6 heteroatoms. The molecule has 3 rings (SSSR count). The van der Waals surface area contributed by atoms with E-state index in [1.165, 1.54) is 5.01 Å². The molecule has 0 atom stereocenters. The van der Waals surface area contributed by atoms with Crippen LogP contribution in [0.4, 0.5) is 5.69 Å². The summed E-state index contributed by atoms with van der Waals surface area (Å²) >= 11 is 3.50. The number of carbonyl (C=O) groups is 1. The lowest BCUT2D eigenvalue weighted by atomic mass is 10.1. The van der Waals surface area contributed by atoms with Gasteiger partial charge in [0.2, 0.25) is 0 Å². The van der Waals surface area contributed by atoms with Crippen LogP contribution in [0.3, 0.4) is 0 Å². The van der Waals surface area contributed by atoms with Crippen LogP contribution in [-0.4, -0.2) is 25.3 Å². The molecule has 0 unspecified atom stereocenters. The first-order valence-corrected chi connectivity index (χ1v) is 9.12. The fraction of sp³-hybridized carbons (Fsp3) is 0.143. The minimum Gasteiger partial charge on any atom is -0.493 e. The lowest BCUT2D eigenvalue weighted by Gasteiger charge is -2.13. The predicted molar refractivity (Wildman–Crippen MR) is 111 cm³/mol. The van der Waals surface area contributed by atoms with Gasteiger partial charge in [-0.2, -0.15) is 10.1 Å². The molecule has 0 bridgehead atoms. The van der Waals surface area contributed by atoms with Gasteiger partial charge in [0.15, 0.2) is 11.5 Å². The highest BCUT2D eigenvalue weighted by atomic mass is 79.9. The van der Waals surface area contributed by atoms with Gasteiger partial charge in [0.1, 0.15) is 6.61 Å². The van der Waals surface area contributed by atoms with Gasteiger partial charge in [0.25, 0.3) is 5.91 Å². The van der Waals surface area contributed by atoms with Crippen molar-refractivity contribution in [2.45, 2.75) is 6.92 Å². The number of rotatable bonds is 6. The maximum Gasteiger partial charge on any atom is 0.280 e. The molecule has 0 saturated carbocycles. The monoisotopic (exact) mass is 426 g/mol. The quantitative estimate of drug-likeness (QED) is 0.490. The van der Waals surface area contributed by atoms with E-state index in [1.807, 2.05) is 49.4 Å². The topological polar surface area (TPSA) is 51.1 Å². The Morgan fingerprint density at radius 3 is 2.67 bits per heavy atom. The van der Waals surface area contributed by atoms with E-state index in [4.69, 9.17) is 9.47 Å². The maximum atomic E-state index is 12.8. The summed E-state index contributed by atoms with van der Waals surface area (Å²) < 4.78 is 11.8. The molecule has 1 amide bonds. The maximum absolute atomic E-state index is 12.8. The van der Waals surface area contributed by atoms with Gasteiger partial charge < -0.3 is 9.47 Å². The number of amides is 1. The second-order valence-corrected chi connectivity index (χ2v) is 6.68. The fourth-order valence-electron chi connectivity index (χ4n) is 2.70. The van der Waals surface area contributed by atoms with E-state index in [2.05, 4.69) is 27.6 Å². The molecule has 1 aliphatic rings. The van der Waals surface area contributed by atoms with Gasteiger partial charge in [0.05, 0.1) is 28.6 Å². The average molecular weight is 427 g/mol. The lowest BCUT2D eigenvalue weighted by Crippen LogP contribution is -2.21. The lowest BCUT2D eigenvalue weighted by molar-refractivity contribution is -0.114. The third kappa shape index (κ3) is 3.95. The second-order valence-electron chi connectivity index (χ2n) is 5.83. The number of anilines is 1. The van der Waals surface area contributed by atoms with Crippen LogP contribution >= 0.6 is 15.9 Å². The first-order valence-electron chi connectivity index (χ1n) is 8.33. The molecular weight excluding hydrogens is 408 g/mol. The second kappa shape index (κ2) is 8.22. The van der Waals surface area contributed by atoms with Crippen LogP contribution in [0.1, 0.15) is 12.5 Å². The molecule has 0 saturated heterocycles. The zero-order valence-corrected chi connectivity index (χ0v) is 16.7. The minimum atomic E-state index is -0.166. The highest BCUT2D eigenvalue weighted by Crippen LogP contribution is 2.37. The average Bonchev–Trinajstić information content (AvgIpc) is 2.95. The smallest absolute Gasteiger partial charge is 0.280 e. The van der Waals surface area contributed by atoms with E-state index in [0.717, 1.165) is 15.7 Å². The zero-order chi connectivity index (χ0) is 19.4. The number of carbonyl (C=O) groups excluding carboxylic acids is 1. The molecule has 0 spiro atoms. The summed E-state index contributed by atoms with van der Waals surface area (Å²) in [6.07, 6.45) is 3.46. The Kier molecular flexibility index (Phi) is 5.76. The van der Waals surface area contributed by atoms with E-state index in [1.54, 1.807) is 19.3 Å². The van der Waals surface area contributed by atoms with Crippen molar-refractivity contribution in [1.82, 2.24) is 0 Å². The Bertz CT molecular complexity index is 936. The van der Waals surface area contributed by atoms with Crippen molar-refractivity contribution < 1.29 is 14.3 Å². The van der Waals surface area contributed by atoms with E-state index in [9.17, 15) is 4.79 Å². The molecule has 138 valence electrons. The molecule has 5 nitrogen and oxygen atoms in total.